The zero-order chi connectivity index (χ0) is 23.2. The Bertz CT molecular complexity index is 1190. The molecule has 2 amide bonds. The van der Waals surface area contributed by atoms with Gasteiger partial charge >= 0.3 is 6.18 Å². The molecule has 4 rings (SSSR count). The van der Waals surface area contributed by atoms with Gasteiger partial charge in [0.15, 0.2) is 11.3 Å². The number of aryl methyl sites for hydroxylation is 1. The highest BCUT2D eigenvalue weighted by Crippen LogP contribution is 2.41. The van der Waals surface area contributed by atoms with Crippen LogP contribution in [0.2, 0.25) is 0 Å². The number of hydrogen-bond acceptors (Lipinski definition) is 5. The number of nitrogens with zero attached hydrogens (tertiary/aromatic N) is 5. The molecule has 3 aromatic heterocycles. The molecule has 0 aromatic carbocycles. The number of hydrogen-bond donors (Lipinski definition) is 2. The van der Waals surface area contributed by atoms with Gasteiger partial charge in [0.1, 0.15) is 11.4 Å². The third-order valence-electron chi connectivity index (χ3n) is 5.04. The van der Waals surface area contributed by atoms with E-state index in [9.17, 15) is 22.8 Å². The lowest BCUT2D eigenvalue weighted by atomic mass is 10.2. The second kappa shape index (κ2) is 7.92. The standard InChI is InChI=1S/C20H22F3N7O2/c1-10(2)8-24-19(32)17-14(9-25-29(17)3)27-18(31)13-7-16-26-12(11-4-5-11)6-15(20(21,22)23)30(16)28-13/h6-7,9-11H,4-5,8H2,1-3H3,(H,24,32)(H,27,31). The predicted octanol–water partition coefficient (Wildman–Crippen LogP) is 3.00. The molecule has 3 heterocycles. The number of amides is 2. The molecule has 0 atom stereocenters. The van der Waals surface area contributed by atoms with Crippen molar-refractivity contribution >= 4 is 23.1 Å². The Morgan fingerprint density at radius 1 is 1.22 bits per heavy atom. The van der Waals surface area contributed by atoms with Crippen molar-refractivity contribution in [1.29, 1.82) is 0 Å². The zero-order valence-corrected chi connectivity index (χ0v) is 17.7. The lowest BCUT2D eigenvalue weighted by Gasteiger charge is -2.10. The molecular weight excluding hydrogens is 427 g/mol. The number of fused-ring (bicyclic) bond motifs is 1. The molecule has 170 valence electrons. The highest BCUT2D eigenvalue weighted by molar-refractivity contribution is 6.07. The molecule has 1 aliphatic rings. The first-order valence-electron chi connectivity index (χ1n) is 10.1. The Hall–Kier alpha value is -3.44. The Balaban J connectivity index is 1.64. The fourth-order valence-corrected chi connectivity index (χ4v) is 3.26. The van der Waals surface area contributed by atoms with Crippen LogP contribution in [0.4, 0.5) is 18.9 Å². The molecule has 9 nitrogen and oxygen atoms in total. The minimum absolute atomic E-state index is 0.00409. The van der Waals surface area contributed by atoms with Gasteiger partial charge in [-0.15, -0.1) is 0 Å². The summed E-state index contributed by atoms with van der Waals surface area (Å²) in [6.45, 7) is 4.31. The van der Waals surface area contributed by atoms with E-state index in [0.29, 0.717) is 16.8 Å². The van der Waals surface area contributed by atoms with Gasteiger partial charge in [0.2, 0.25) is 0 Å². The number of halogens is 3. The van der Waals surface area contributed by atoms with E-state index < -0.39 is 23.7 Å². The van der Waals surface area contributed by atoms with E-state index in [-0.39, 0.29) is 34.6 Å². The maximum atomic E-state index is 13.6. The minimum atomic E-state index is -4.66. The van der Waals surface area contributed by atoms with Crippen LogP contribution in [0.1, 0.15) is 65.0 Å². The van der Waals surface area contributed by atoms with Crippen molar-refractivity contribution in [3.05, 3.63) is 41.1 Å². The number of carbonyl (C=O) groups is 2. The van der Waals surface area contributed by atoms with Crippen LogP contribution in [0.5, 0.6) is 0 Å². The van der Waals surface area contributed by atoms with Gasteiger partial charge in [-0.2, -0.15) is 23.4 Å². The number of carbonyl (C=O) groups excluding carboxylic acids is 2. The molecule has 0 saturated heterocycles. The molecule has 12 heteroatoms. The first-order chi connectivity index (χ1) is 15.0. The summed E-state index contributed by atoms with van der Waals surface area (Å²) in [6.07, 6.45) is -1.80. The van der Waals surface area contributed by atoms with E-state index in [0.717, 1.165) is 18.9 Å². The third-order valence-corrected chi connectivity index (χ3v) is 5.04. The molecule has 0 aliphatic heterocycles. The van der Waals surface area contributed by atoms with E-state index in [1.165, 1.54) is 16.9 Å². The average Bonchev–Trinajstić information content (AvgIpc) is 3.37. The number of aromatic nitrogens is 5. The Kier molecular flexibility index (Phi) is 5.39. The van der Waals surface area contributed by atoms with Gasteiger partial charge in [-0.05, 0) is 24.8 Å². The topological polar surface area (TPSA) is 106 Å². The molecule has 3 aromatic rings. The predicted molar refractivity (Wildman–Crippen MR) is 108 cm³/mol. The minimum Gasteiger partial charge on any atom is -0.350 e. The Morgan fingerprint density at radius 2 is 1.94 bits per heavy atom. The molecule has 1 aliphatic carbocycles. The summed E-state index contributed by atoms with van der Waals surface area (Å²) < 4.78 is 42.6. The number of nitrogens with one attached hydrogen (secondary N) is 2. The van der Waals surface area contributed by atoms with E-state index in [2.05, 4.69) is 25.8 Å². The molecule has 0 bridgehead atoms. The van der Waals surface area contributed by atoms with Crippen LogP contribution in [0.25, 0.3) is 5.65 Å². The van der Waals surface area contributed by atoms with Crippen molar-refractivity contribution in [3.63, 3.8) is 0 Å². The smallest absolute Gasteiger partial charge is 0.350 e. The highest BCUT2D eigenvalue weighted by Gasteiger charge is 2.37. The quantitative estimate of drug-likeness (QED) is 0.602. The zero-order valence-electron chi connectivity index (χ0n) is 17.7. The van der Waals surface area contributed by atoms with Crippen molar-refractivity contribution in [2.75, 3.05) is 11.9 Å². The van der Waals surface area contributed by atoms with Gasteiger partial charge in [-0.3, -0.25) is 14.3 Å². The van der Waals surface area contributed by atoms with Crippen LogP contribution in [-0.4, -0.2) is 42.7 Å². The summed E-state index contributed by atoms with van der Waals surface area (Å²) in [7, 11) is 1.55. The molecule has 1 saturated carbocycles. The third kappa shape index (κ3) is 4.30. The molecule has 1 fully saturated rings. The second-order valence-electron chi connectivity index (χ2n) is 8.23. The Morgan fingerprint density at radius 3 is 2.56 bits per heavy atom. The van der Waals surface area contributed by atoms with Crippen molar-refractivity contribution < 1.29 is 22.8 Å². The fourth-order valence-electron chi connectivity index (χ4n) is 3.26. The molecule has 0 unspecified atom stereocenters. The van der Waals surface area contributed by atoms with Crippen LogP contribution < -0.4 is 10.6 Å². The van der Waals surface area contributed by atoms with Gasteiger partial charge in [-0.1, -0.05) is 13.8 Å². The van der Waals surface area contributed by atoms with Crippen LogP contribution >= 0.6 is 0 Å². The summed E-state index contributed by atoms with van der Waals surface area (Å²) >= 11 is 0. The van der Waals surface area contributed by atoms with Gasteiger partial charge in [0.25, 0.3) is 11.8 Å². The van der Waals surface area contributed by atoms with Gasteiger partial charge in [0.05, 0.1) is 11.9 Å². The molecular formula is C20H22F3N7O2. The van der Waals surface area contributed by atoms with Crippen LogP contribution in [0, 0.1) is 5.92 Å². The highest BCUT2D eigenvalue weighted by atomic mass is 19.4. The number of alkyl halides is 3. The Labute approximate surface area is 181 Å². The van der Waals surface area contributed by atoms with E-state index in [1.807, 2.05) is 13.8 Å². The second-order valence-corrected chi connectivity index (χ2v) is 8.23. The van der Waals surface area contributed by atoms with E-state index in [1.54, 1.807) is 7.05 Å². The SMILES string of the molecule is CC(C)CNC(=O)c1c(NC(=O)c2cc3nc(C4CC4)cc(C(F)(F)F)n3n2)cnn1C. The normalized spacial score (nSPS) is 14.2. The summed E-state index contributed by atoms with van der Waals surface area (Å²) in [4.78, 5) is 29.5. The van der Waals surface area contributed by atoms with E-state index >= 15 is 0 Å². The monoisotopic (exact) mass is 449 g/mol. The molecule has 0 radical (unpaired) electrons. The van der Waals surface area contributed by atoms with Gasteiger partial charge < -0.3 is 10.6 Å². The van der Waals surface area contributed by atoms with Gasteiger partial charge in [-0.25, -0.2) is 9.50 Å². The summed E-state index contributed by atoms with van der Waals surface area (Å²) in [5.41, 5.74) is -0.723. The molecule has 32 heavy (non-hydrogen) atoms. The number of anilines is 1. The summed E-state index contributed by atoms with van der Waals surface area (Å²) in [5.74, 6) is -0.990. The largest absolute Gasteiger partial charge is 0.433 e. The lowest BCUT2D eigenvalue weighted by molar-refractivity contribution is -0.142. The van der Waals surface area contributed by atoms with Crippen molar-refractivity contribution in [3.8, 4) is 0 Å². The lowest BCUT2D eigenvalue weighted by Crippen LogP contribution is -2.30. The van der Waals surface area contributed by atoms with Crippen LogP contribution in [0.15, 0.2) is 18.3 Å². The maximum absolute atomic E-state index is 13.6. The fraction of sp³-hybridized carbons (Fsp3) is 0.450. The van der Waals surface area contributed by atoms with Crippen molar-refractivity contribution in [2.24, 2.45) is 13.0 Å². The van der Waals surface area contributed by atoms with E-state index in [4.69, 9.17) is 0 Å². The summed E-state index contributed by atoms with van der Waals surface area (Å²) in [5, 5.41) is 13.1. The summed E-state index contributed by atoms with van der Waals surface area (Å²) in [6, 6.07) is 2.18. The number of rotatable bonds is 6. The molecule has 0 spiro atoms. The van der Waals surface area contributed by atoms with Gasteiger partial charge in [0, 0.05) is 31.3 Å². The van der Waals surface area contributed by atoms with Crippen molar-refractivity contribution in [1.82, 2.24) is 29.7 Å². The molecule has 2 N–H and O–H groups in total. The van der Waals surface area contributed by atoms with Crippen LogP contribution in [-0.2, 0) is 13.2 Å². The first-order valence-corrected chi connectivity index (χ1v) is 10.1. The average molecular weight is 449 g/mol. The first kappa shape index (κ1) is 21.8. The van der Waals surface area contributed by atoms with Crippen molar-refractivity contribution in [2.45, 2.75) is 38.8 Å². The van der Waals surface area contributed by atoms with Crippen LogP contribution in [0.3, 0.4) is 0 Å². The maximum Gasteiger partial charge on any atom is 0.433 e.